The van der Waals surface area contributed by atoms with Crippen LogP contribution < -0.4 is 20.5 Å². The van der Waals surface area contributed by atoms with E-state index in [1.54, 1.807) is 12.1 Å². The van der Waals surface area contributed by atoms with Crippen LogP contribution in [0, 0.1) is 22.7 Å². The monoisotopic (exact) mass is 518 g/mol. The third-order valence-corrected chi connectivity index (χ3v) is 6.63. The van der Waals surface area contributed by atoms with Gasteiger partial charge >= 0.3 is 12.4 Å². The minimum absolute atomic E-state index is 0.170. The standard InChI is InChI=1S/C24H12F6N4OS/c25-23(26,27)16-7-3-1-5-12(16)9-18-21(35)34-20(33)14(10-31)19(15(11-32)22(34)36-18)13-6-2-4-8-17(13)24(28,29)30/h1-9,19H,33H2. The van der Waals surface area contributed by atoms with E-state index >= 15 is 0 Å². The Balaban J connectivity index is 2.09. The Morgan fingerprint density at radius 1 is 0.889 bits per heavy atom. The molecule has 0 saturated carbocycles. The quantitative estimate of drug-likeness (QED) is 0.521. The summed E-state index contributed by atoms with van der Waals surface area (Å²) in [6.07, 6.45) is -8.57. The zero-order valence-electron chi connectivity index (χ0n) is 17.8. The highest BCUT2D eigenvalue weighted by Crippen LogP contribution is 2.42. The molecule has 5 nitrogen and oxygen atoms in total. The maximum absolute atomic E-state index is 13.7. The van der Waals surface area contributed by atoms with Gasteiger partial charge in [0.25, 0.3) is 5.56 Å². The van der Waals surface area contributed by atoms with E-state index in [1.165, 1.54) is 18.2 Å². The summed E-state index contributed by atoms with van der Waals surface area (Å²) in [5.74, 6) is -2.04. The van der Waals surface area contributed by atoms with Crippen LogP contribution in [-0.4, -0.2) is 4.57 Å². The number of fused-ring (bicyclic) bond motifs is 1. The Morgan fingerprint density at radius 2 is 1.44 bits per heavy atom. The fourth-order valence-corrected chi connectivity index (χ4v) is 5.11. The number of halogens is 6. The molecular formula is C24H12F6N4OS. The fraction of sp³-hybridized carbons (Fsp3) is 0.125. The second-order valence-corrected chi connectivity index (χ2v) is 8.63. The van der Waals surface area contributed by atoms with Crippen LogP contribution in [0.5, 0.6) is 0 Å². The molecule has 2 heterocycles. The maximum atomic E-state index is 13.7. The lowest BCUT2D eigenvalue weighted by Crippen LogP contribution is -2.38. The van der Waals surface area contributed by atoms with Crippen LogP contribution in [0.2, 0.25) is 0 Å². The molecule has 0 amide bonds. The summed E-state index contributed by atoms with van der Waals surface area (Å²) in [5.41, 5.74) is 1.46. The highest BCUT2D eigenvalue weighted by atomic mass is 32.1. The lowest BCUT2D eigenvalue weighted by Gasteiger charge is -2.24. The van der Waals surface area contributed by atoms with Gasteiger partial charge in [-0.05, 0) is 29.3 Å². The number of rotatable bonds is 2. The van der Waals surface area contributed by atoms with E-state index in [4.69, 9.17) is 5.73 Å². The van der Waals surface area contributed by atoms with Crippen molar-refractivity contribution in [3.63, 3.8) is 0 Å². The largest absolute Gasteiger partial charge is 0.416 e. The molecule has 4 rings (SSSR count). The number of hydrogen-bond acceptors (Lipinski definition) is 5. The van der Waals surface area contributed by atoms with Crippen molar-refractivity contribution in [3.05, 3.63) is 95.9 Å². The zero-order chi connectivity index (χ0) is 26.4. The minimum Gasteiger partial charge on any atom is -0.384 e. The van der Waals surface area contributed by atoms with Crippen molar-refractivity contribution in [1.82, 2.24) is 4.57 Å². The average molecular weight is 518 g/mol. The number of alkyl halides is 6. The van der Waals surface area contributed by atoms with Crippen molar-refractivity contribution in [2.75, 3.05) is 0 Å². The van der Waals surface area contributed by atoms with E-state index in [9.17, 15) is 41.7 Å². The molecule has 0 radical (unpaired) electrons. The van der Waals surface area contributed by atoms with Gasteiger partial charge < -0.3 is 5.73 Å². The highest BCUT2D eigenvalue weighted by Gasteiger charge is 2.40. The van der Waals surface area contributed by atoms with E-state index in [1.807, 2.05) is 0 Å². The van der Waals surface area contributed by atoms with Gasteiger partial charge in [0.05, 0.1) is 44.9 Å². The number of aromatic nitrogens is 1. The van der Waals surface area contributed by atoms with Gasteiger partial charge in [-0.15, -0.1) is 11.3 Å². The first-order valence-corrected chi connectivity index (χ1v) is 10.8. The molecule has 12 heteroatoms. The number of nitrogens with zero attached hydrogens (tertiary/aromatic N) is 3. The predicted octanol–water partition coefficient (Wildman–Crippen LogP) is 3.90. The van der Waals surface area contributed by atoms with Crippen LogP contribution in [0.4, 0.5) is 26.3 Å². The molecule has 0 saturated heterocycles. The van der Waals surface area contributed by atoms with Crippen molar-refractivity contribution >= 4 is 28.8 Å². The summed E-state index contributed by atoms with van der Waals surface area (Å²) in [7, 11) is 0. The first-order valence-electron chi connectivity index (χ1n) is 10.0. The van der Waals surface area contributed by atoms with Crippen molar-refractivity contribution < 1.29 is 26.3 Å². The SMILES string of the molecule is N#CC1=C(N)n2c(sc(=Cc3ccccc3C(F)(F)F)c2=O)=C(C#N)C1c1ccccc1C(F)(F)F. The predicted molar refractivity (Wildman–Crippen MR) is 119 cm³/mol. The van der Waals surface area contributed by atoms with Gasteiger partial charge in [0.1, 0.15) is 10.5 Å². The van der Waals surface area contributed by atoms with Gasteiger partial charge in [-0.25, -0.2) is 0 Å². The molecule has 2 N–H and O–H groups in total. The van der Waals surface area contributed by atoms with E-state index in [2.05, 4.69) is 0 Å². The molecule has 0 spiro atoms. The Hall–Kier alpha value is -4.29. The summed E-state index contributed by atoms with van der Waals surface area (Å²) in [4.78, 5) is 13.1. The topological polar surface area (TPSA) is 95.6 Å². The summed E-state index contributed by atoms with van der Waals surface area (Å²) < 4.78 is 81.8. The van der Waals surface area contributed by atoms with Crippen molar-refractivity contribution in [3.8, 4) is 12.1 Å². The van der Waals surface area contributed by atoms with Gasteiger partial charge in [-0.2, -0.15) is 36.9 Å². The van der Waals surface area contributed by atoms with Crippen molar-refractivity contribution in [2.24, 2.45) is 5.73 Å². The third kappa shape index (κ3) is 4.06. The molecule has 36 heavy (non-hydrogen) atoms. The molecule has 1 aliphatic rings. The molecule has 1 aliphatic heterocycles. The first kappa shape index (κ1) is 24.8. The lowest BCUT2D eigenvalue weighted by atomic mass is 9.82. The van der Waals surface area contributed by atoms with E-state index in [0.717, 1.165) is 41.0 Å². The van der Waals surface area contributed by atoms with Gasteiger partial charge in [0, 0.05) is 0 Å². The second kappa shape index (κ2) is 8.73. The summed E-state index contributed by atoms with van der Waals surface area (Å²) in [5, 5.41) is 19.6. The van der Waals surface area contributed by atoms with Crippen molar-refractivity contribution in [2.45, 2.75) is 18.3 Å². The van der Waals surface area contributed by atoms with Crippen LogP contribution in [0.25, 0.3) is 17.5 Å². The third-order valence-electron chi connectivity index (χ3n) is 5.52. The van der Waals surface area contributed by atoms with Gasteiger partial charge in [0.15, 0.2) is 0 Å². The maximum Gasteiger partial charge on any atom is 0.416 e. The molecular weight excluding hydrogens is 506 g/mol. The van der Waals surface area contributed by atoms with Crippen LogP contribution in [-0.2, 0) is 12.4 Å². The molecule has 0 bridgehead atoms. The highest BCUT2D eigenvalue weighted by molar-refractivity contribution is 7.07. The van der Waals surface area contributed by atoms with Crippen LogP contribution >= 0.6 is 11.3 Å². The van der Waals surface area contributed by atoms with E-state index < -0.39 is 51.9 Å². The second-order valence-electron chi connectivity index (χ2n) is 7.60. The van der Waals surface area contributed by atoms with E-state index in [0.29, 0.717) is 11.3 Å². The van der Waals surface area contributed by atoms with E-state index in [-0.39, 0.29) is 20.3 Å². The van der Waals surface area contributed by atoms with Gasteiger partial charge in [0.2, 0.25) is 0 Å². The van der Waals surface area contributed by atoms with Crippen molar-refractivity contribution in [1.29, 1.82) is 10.5 Å². The molecule has 1 atom stereocenters. The molecule has 2 aromatic carbocycles. The summed E-state index contributed by atoms with van der Waals surface area (Å²) in [6, 6.07) is 12.3. The average Bonchev–Trinajstić information content (AvgIpc) is 3.14. The number of allylic oxidation sites excluding steroid dienone is 1. The Kier molecular flexibility index (Phi) is 6.02. The molecule has 1 aromatic heterocycles. The molecule has 3 aromatic rings. The molecule has 0 fully saturated rings. The number of benzene rings is 2. The summed E-state index contributed by atoms with van der Waals surface area (Å²) >= 11 is 0.600. The van der Waals surface area contributed by atoms with Crippen LogP contribution in [0.15, 0.2) is 58.9 Å². The Bertz CT molecular complexity index is 1680. The molecule has 1 unspecified atom stereocenters. The number of thiazole rings is 1. The number of nitriles is 2. The van der Waals surface area contributed by atoms with Crippen LogP contribution in [0.1, 0.15) is 28.2 Å². The Labute approximate surface area is 202 Å². The fourth-order valence-electron chi connectivity index (χ4n) is 3.99. The zero-order valence-corrected chi connectivity index (χ0v) is 18.6. The molecule has 182 valence electrons. The first-order chi connectivity index (χ1) is 16.9. The summed E-state index contributed by atoms with van der Waals surface area (Å²) in [6.45, 7) is 0. The minimum atomic E-state index is -4.82. The number of nitrogens with two attached hydrogens (primary N) is 1. The lowest BCUT2D eigenvalue weighted by molar-refractivity contribution is -0.138. The molecule has 0 aliphatic carbocycles. The number of hydrogen-bond donors (Lipinski definition) is 1. The van der Waals surface area contributed by atoms with Gasteiger partial charge in [-0.3, -0.25) is 9.36 Å². The van der Waals surface area contributed by atoms with Gasteiger partial charge in [-0.1, -0.05) is 36.4 Å². The van der Waals surface area contributed by atoms with Crippen LogP contribution in [0.3, 0.4) is 0 Å². The smallest absolute Gasteiger partial charge is 0.384 e. The Morgan fingerprint density at radius 3 is 2.03 bits per heavy atom. The normalized spacial score (nSPS) is 16.5.